The highest BCUT2D eigenvalue weighted by atomic mass is 16.6. The molecule has 3 rings (SSSR count). The van der Waals surface area contributed by atoms with Crippen molar-refractivity contribution in [3.05, 3.63) is 59.1 Å². The Morgan fingerprint density at radius 1 is 1.21 bits per heavy atom. The van der Waals surface area contributed by atoms with Gasteiger partial charge in [-0.3, -0.25) is 4.98 Å². The molecule has 0 N–H and O–H groups in total. The number of ether oxygens (including phenoxy) is 2. The second-order valence-corrected chi connectivity index (χ2v) is 5.15. The molecule has 0 amide bonds. The lowest BCUT2D eigenvalue weighted by Gasteiger charge is -2.12. The number of methoxy groups -OCH3 is 1. The van der Waals surface area contributed by atoms with Crippen LogP contribution in [0.2, 0.25) is 0 Å². The van der Waals surface area contributed by atoms with Gasteiger partial charge in [0.1, 0.15) is 11.3 Å². The van der Waals surface area contributed by atoms with Gasteiger partial charge < -0.3 is 13.9 Å². The summed E-state index contributed by atoms with van der Waals surface area (Å²) in [6.45, 7) is 1.58. The van der Waals surface area contributed by atoms with Gasteiger partial charge in [-0.25, -0.2) is 9.59 Å². The lowest BCUT2D eigenvalue weighted by molar-refractivity contribution is -0.147. The number of aromatic nitrogens is 1. The van der Waals surface area contributed by atoms with Crippen LogP contribution in [0, 0.1) is 0 Å². The Hall–Kier alpha value is -3.15. The molecule has 3 aromatic rings. The second kappa shape index (κ2) is 6.54. The van der Waals surface area contributed by atoms with Crippen LogP contribution in [0.5, 0.6) is 5.75 Å². The van der Waals surface area contributed by atoms with Crippen molar-refractivity contribution in [1.29, 1.82) is 0 Å². The molecule has 0 aliphatic heterocycles. The average Bonchev–Trinajstić information content (AvgIpc) is 2.61. The number of hydrogen-bond acceptors (Lipinski definition) is 6. The van der Waals surface area contributed by atoms with Crippen LogP contribution in [0.1, 0.15) is 6.92 Å². The standard InChI is InChI=1S/C18H15NO5/c1-11(17(20)22-2)23-13-7-6-12-9-14(15-5-3-4-8-19-15)18(21)24-16(12)10-13/h3-11H,1-2H3. The van der Waals surface area contributed by atoms with Crippen molar-refractivity contribution in [3.63, 3.8) is 0 Å². The van der Waals surface area contributed by atoms with Gasteiger partial charge in [0.15, 0.2) is 6.10 Å². The molecule has 0 saturated heterocycles. The molecule has 0 aliphatic rings. The topological polar surface area (TPSA) is 78.6 Å². The zero-order valence-corrected chi connectivity index (χ0v) is 13.2. The van der Waals surface area contributed by atoms with Gasteiger partial charge in [0.05, 0.1) is 18.4 Å². The van der Waals surface area contributed by atoms with E-state index in [-0.39, 0.29) is 0 Å². The molecule has 0 bridgehead atoms. The zero-order chi connectivity index (χ0) is 17.1. The van der Waals surface area contributed by atoms with Crippen LogP contribution in [0.4, 0.5) is 0 Å². The largest absolute Gasteiger partial charge is 0.479 e. The van der Waals surface area contributed by atoms with Crippen molar-refractivity contribution in [2.24, 2.45) is 0 Å². The number of nitrogens with zero attached hydrogens (tertiary/aromatic N) is 1. The number of benzene rings is 1. The van der Waals surface area contributed by atoms with Crippen molar-refractivity contribution >= 4 is 16.9 Å². The second-order valence-electron chi connectivity index (χ2n) is 5.15. The average molecular weight is 325 g/mol. The van der Waals surface area contributed by atoms with Crippen molar-refractivity contribution in [2.75, 3.05) is 7.11 Å². The van der Waals surface area contributed by atoms with E-state index in [2.05, 4.69) is 9.72 Å². The number of rotatable bonds is 4. The van der Waals surface area contributed by atoms with Crippen molar-refractivity contribution < 1.29 is 18.7 Å². The fourth-order valence-electron chi connectivity index (χ4n) is 2.28. The fraction of sp³-hybridized carbons (Fsp3) is 0.167. The Balaban J connectivity index is 1.98. The molecule has 0 fully saturated rings. The van der Waals surface area contributed by atoms with E-state index in [1.807, 2.05) is 0 Å². The van der Waals surface area contributed by atoms with Crippen molar-refractivity contribution in [2.45, 2.75) is 13.0 Å². The van der Waals surface area contributed by atoms with Gasteiger partial charge in [-0.1, -0.05) is 6.07 Å². The van der Waals surface area contributed by atoms with E-state index >= 15 is 0 Å². The number of pyridine rings is 1. The van der Waals surface area contributed by atoms with E-state index in [9.17, 15) is 9.59 Å². The minimum atomic E-state index is -0.757. The molecule has 0 radical (unpaired) electrons. The quantitative estimate of drug-likeness (QED) is 0.542. The van der Waals surface area contributed by atoms with Crippen LogP contribution >= 0.6 is 0 Å². The van der Waals surface area contributed by atoms with Crippen LogP contribution in [0.3, 0.4) is 0 Å². The van der Waals surface area contributed by atoms with Gasteiger partial charge in [0.2, 0.25) is 0 Å². The Morgan fingerprint density at radius 2 is 2.04 bits per heavy atom. The molecule has 1 atom stereocenters. The summed E-state index contributed by atoms with van der Waals surface area (Å²) in [7, 11) is 1.29. The molecule has 0 saturated carbocycles. The number of esters is 1. The maximum Gasteiger partial charge on any atom is 0.346 e. The predicted molar refractivity (Wildman–Crippen MR) is 87.8 cm³/mol. The van der Waals surface area contributed by atoms with E-state index in [1.54, 1.807) is 55.6 Å². The number of carbonyl (C=O) groups excluding carboxylic acids is 1. The Bertz CT molecular complexity index is 933. The Morgan fingerprint density at radius 3 is 2.75 bits per heavy atom. The molecular weight excluding hydrogens is 310 g/mol. The monoisotopic (exact) mass is 325 g/mol. The maximum atomic E-state index is 12.2. The summed E-state index contributed by atoms with van der Waals surface area (Å²) in [6.07, 6.45) is 0.858. The maximum absolute atomic E-state index is 12.2. The minimum Gasteiger partial charge on any atom is -0.479 e. The van der Waals surface area contributed by atoms with E-state index in [4.69, 9.17) is 9.15 Å². The van der Waals surface area contributed by atoms with E-state index in [0.717, 1.165) is 5.39 Å². The molecule has 1 aromatic carbocycles. The molecule has 122 valence electrons. The molecule has 2 aromatic heterocycles. The first-order chi connectivity index (χ1) is 11.6. The van der Waals surface area contributed by atoms with Gasteiger partial charge in [-0.05, 0) is 37.3 Å². The van der Waals surface area contributed by atoms with Crippen molar-refractivity contribution in [1.82, 2.24) is 4.98 Å². The molecule has 24 heavy (non-hydrogen) atoms. The number of hydrogen-bond donors (Lipinski definition) is 0. The third-order valence-corrected chi connectivity index (χ3v) is 3.49. The van der Waals surface area contributed by atoms with Crippen LogP contribution in [-0.2, 0) is 9.53 Å². The first kappa shape index (κ1) is 15.7. The summed E-state index contributed by atoms with van der Waals surface area (Å²) in [6, 6.07) is 12.1. The van der Waals surface area contributed by atoms with Gasteiger partial charge in [0, 0.05) is 17.6 Å². The summed E-state index contributed by atoms with van der Waals surface area (Å²) in [5.74, 6) is -0.0730. The van der Waals surface area contributed by atoms with Crippen LogP contribution in [0.25, 0.3) is 22.2 Å². The lowest BCUT2D eigenvalue weighted by Crippen LogP contribution is -2.24. The van der Waals surface area contributed by atoms with Crippen molar-refractivity contribution in [3.8, 4) is 17.0 Å². The fourth-order valence-corrected chi connectivity index (χ4v) is 2.28. The van der Waals surface area contributed by atoms with Gasteiger partial charge >= 0.3 is 11.6 Å². The first-order valence-corrected chi connectivity index (χ1v) is 7.32. The molecule has 6 nitrogen and oxygen atoms in total. The van der Waals surface area contributed by atoms with Crippen LogP contribution < -0.4 is 10.4 Å². The normalized spacial score (nSPS) is 11.9. The third-order valence-electron chi connectivity index (χ3n) is 3.49. The van der Waals surface area contributed by atoms with E-state index in [1.165, 1.54) is 7.11 Å². The van der Waals surface area contributed by atoms with Crippen LogP contribution in [-0.4, -0.2) is 24.2 Å². The Labute approximate surface area is 137 Å². The summed E-state index contributed by atoms with van der Waals surface area (Å²) in [5, 5.41) is 0.730. The highest BCUT2D eigenvalue weighted by Gasteiger charge is 2.15. The third kappa shape index (κ3) is 3.12. The predicted octanol–water partition coefficient (Wildman–Crippen LogP) is 2.80. The number of carbonyl (C=O) groups is 1. The summed E-state index contributed by atoms with van der Waals surface area (Å²) in [4.78, 5) is 27.8. The number of fused-ring (bicyclic) bond motifs is 1. The summed E-state index contributed by atoms with van der Waals surface area (Å²) >= 11 is 0. The Kier molecular flexibility index (Phi) is 4.29. The van der Waals surface area contributed by atoms with E-state index < -0.39 is 17.7 Å². The molecule has 0 aliphatic carbocycles. The summed E-state index contributed by atoms with van der Waals surface area (Å²) in [5.41, 5.74) is 0.820. The molecule has 0 spiro atoms. The van der Waals surface area contributed by atoms with Gasteiger partial charge in [-0.2, -0.15) is 0 Å². The lowest BCUT2D eigenvalue weighted by atomic mass is 10.1. The SMILES string of the molecule is COC(=O)C(C)Oc1ccc2cc(-c3ccccn3)c(=O)oc2c1. The van der Waals surface area contributed by atoms with Gasteiger partial charge in [0.25, 0.3) is 0 Å². The zero-order valence-electron chi connectivity index (χ0n) is 13.2. The molecular formula is C18H15NO5. The highest BCUT2D eigenvalue weighted by molar-refractivity contribution is 5.82. The minimum absolute atomic E-state index is 0.370. The highest BCUT2D eigenvalue weighted by Crippen LogP contribution is 2.24. The molecule has 2 heterocycles. The smallest absolute Gasteiger partial charge is 0.346 e. The molecule has 6 heteroatoms. The summed E-state index contributed by atoms with van der Waals surface area (Å²) < 4.78 is 15.5. The van der Waals surface area contributed by atoms with Crippen LogP contribution in [0.15, 0.2) is 57.9 Å². The molecule has 1 unspecified atom stereocenters. The van der Waals surface area contributed by atoms with Gasteiger partial charge in [-0.15, -0.1) is 0 Å². The van der Waals surface area contributed by atoms with E-state index in [0.29, 0.717) is 22.6 Å². The first-order valence-electron chi connectivity index (χ1n) is 7.32.